The lowest BCUT2D eigenvalue weighted by Gasteiger charge is -2.09. The highest BCUT2D eigenvalue weighted by Gasteiger charge is 2.09. The van der Waals surface area contributed by atoms with Gasteiger partial charge < -0.3 is 0 Å². The fourth-order valence-corrected chi connectivity index (χ4v) is 4.53. The number of hydrogen-bond acceptors (Lipinski definition) is 5. The van der Waals surface area contributed by atoms with Crippen molar-refractivity contribution in [3.05, 3.63) is 64.7 Å². The number of thioether (sulfide) groups is 1. The molecule has 0 saturated carbocycles. The largest absolute Gasteiger partial charge is 0.286 e. The maximum atomic E-state index is 12.6. The molecule has 4 rings (SSSR count). The molecule has 0 aliphatic rings. The number of thiazole rings is 1. The number of hydrogen-bond donors (Lipinski definition) is 0. The second kappa shape index (κ2) is 5.79. The van der Waals surface area contributed by atoms with Crippen molar-refractivity contribution in [3.63, 3.8) is 0 Å². The highest BCUT2D eigenvalue weighted by molar-refractivity contribution is 8.00. The molecule has 0 N–H and O–H groups in total. The minimum Gasteiger partial charge on any atom is -0.286 e. The third-order valence-corrected chi connectivity index (χ3v) is 5.80. The number of fused-ring (bicyclic) bond motifs is 2. The summed E-state index contributed by atoms with van der Waals surface area (Å²) >= 11 is 3.21. The molecular formula is C17H13N3OS2. The molecule has 4 nitrogen and oxygen atoms in total. The molecule has 0 amide bonds. The van der Waals surface area contributed by atoms with E-state index in [0.29, 0.717) is 11.3 Å². The standard InChI is InChI=1S/C17H13N3OS2/c1-11-18-13-7-3-2-6-12(13)16(21)20(11)10-22-17-19-14-8-4-5-9-15(14)23-17/h2-9H,10H2,1H3. The normalized spacial score (nSPS) is 11.3. The first-order valence-electron chi connectivity index (χ1n) is 7.17. The highest BCUT2D eigenvalue weighted by Crippen LogP contribution is 2.30. The molecular weight excluding hydrogens is 326 g/mol. The second-order valence-electron chi connectivity index (χ2n) is 5.13. The van der Waals surface area contributed by atoms with Crippen LogP contribution in [-0.2, 0) is 5.88 Å². The van der Waals surface area contributed by atoms with Crippen LogP contribution in [0.4, 0.5) is 0 Å². The average molecular weight is 339 g/mol. The van der Waals surface area contributed by atoms with Gasteiger partial charge >= 0.3 is 0 Å². The lowest BCUT2D eigenvalue weighted by atomic mass is 10.2. The van der Waals surface area contributed by atoms with Crippen LogP contribution in [0.1, 0.15) is 5.82 Å². The van der Waals surface area contributed by atoms with Gasteiger partial charge in [0, 0.05) is 0 Å². The zero-order chi connectivity index (χ0) is 15.8. The van der Waals surface area contributed by atoms with Crippen LogP contribution >= 0.6 is 23.1 Å². The maximum Gasteiger partial charge on any atom is 0.262 e. The topological polar surface area (TPSA) is 47.8 Å². The molecule has 0 atom stereocenters. The Morgan fingerprint density at radius 1 is 1.04 bits per heavy atom. The minimum atomic E-state index is 0.00158. The summed E-state index contributed by atoms with van der Waals surface area (Å²) in [6.45, 7) is 1.87. The Balaban J connectivity index is 1.68. The van der Waals surface area contributed by atoms with Crippen LogP contribution in [0.15, 0.2) is 57.7 Å². The molecule has 0 aliphatic carbocycles. The number of rotatable bonds is 3. The van der Waals surface area contributed by atoms with Crippen molar-refractivity contribution in [2.45, 2.75) is 17.1 Å². The van der Waals surface area contributed by atoms with Crippen LogP contribution in [0, 0.1) is 6.92 Å². The van der Waals surface area contributed by atoms with Gasteiger partial charge in [-0.3, -0.25) is 9.36 Å². The van der Waals surface area contributed by atoms with E-state index in [-0.39, 0.29) is 5.56 Å². The Morgan fingerprint density at radius 2 is 1.78 bits per heavy atom. The molecule has 0 spiro atoms. The van der Waals surface area contributed by atoms with Gasteiger partial charge in [0.25, 0.3) is 5.56 Å². The molecule has 6 heteroatoms. The van der Waals surface area contributed by atoms with E-state index in [9.17, 15) is 4.79 Å². The van der Waals surface area contributed by atoms with Crippen molar-refractivity contribution in [2.24, 2.45) is 0 Å². The van der Waals surface area contributed by atoms with Crippen LogP contribution in [0.2, 0.25) is 0 Å². The predicted molar refractivity (Wildman–Crippen MR) is 96.2 cm³/mol. The minimum absolute atomic E-state index is 0.00158. The number of nitrogens with zero attached hydrogens (tertiary/aromatic N) is 3. The van der Waals surface area contributed by atoms with Gasteiger partial charge in [0.05, 0.1) is 27.0 Å². The molecule has 114 valence electrons. The van der Waals surface area contributed by atoms with E-state index in [1.54, 1.807) is 27.7 Å². The molecule has 0 fully saturated rings. The summed E-state index contributed by atoms with van der Waals surface area (Å²) in [4.78, 5) is 21.8. The van der Waals surface area contributed by atoms with Gasteiger partial charge in [0.2, 0.25) is 0 Å². The molecule has 0 saturated heterocycles. The van der Waals surface area contributed by atoms with Crippen molar-refractivity contribution in [1.29, 1.82) is 0 Å². The molecule has 4 aromatic rings. The smallest absolute Gasteiger partial charge is 0.262 e. The van der Waals surface area contributed by atoms with Crippen LogP contribution in [0.5, 0.6) is 0 Å². The van der Waals surface area contributed by atoms with E-state index >= 15 is 0 Å². The quantitative estimate of drug-likeness (QED) is 0.528. The molecule has 0 radical (unpaired) electrons. The van der Waals surface area contributed by atoms with Gasteiger partial charge in [0.15, 0.2) is 4.34 Å². The molecule has 0 aliphatic heterocycles. The molecule has 2 aromatic carbocycles. The Hall–Kier alpha value is -2.18. The molecule has 0 bridgehead atoms. The summed E-state index contributed by atoms with van der Waals surface area (Å²) in [6, 6.07) is 15.5. The Morgan fingerprint density at radius 3 is 2.61 bits per heavy atom. The molecule has 2 aromatic heterocycles. The highest BCUT2D eigenvalue weighted by atomic mass is 32.2. The van der Waals surface area contributed by atoms with Gasteiger partial charge in [-0.05, 0) is 31.2 Å². The SMILES string of the molecule is Cc1nc2ccccc2c(=O)n1CSc1nc2ccccc2s1. The Labute approximate surface area is 140 Å². The number of benzene rings is 2. The lowest BCUT2D eigenvalue weighted by Crippen LogP contribution is -2.22. The van der Waals surface area contributed by atoms with Crippen LogP contribution in [-0.4, -0.2) is 14.5 Å². The number of aryl methyl sites for hydroxylation is 1. The summed E-state index contributed by atoms with van der Waals surface area (Å²) in [5.74, 6) is 1.24. The van der Waals surface area contributed by atoms with Crippen molar-refractivity contribution in [2.75, 3.05) is 0 Å². The lowest BCUT2D eigenvalue weighted by molar-refractivity contribution is 0.776. The molecule has 2 heterocycles. The van der Waals surface area contributed by atoms with E-state index in [4.69, 9.17) is 0 Å². The summed E-state index contributed by atoms with van der Waals surface area (Å²) in [5, 5.41) is 0.656. The first-order valence-corrected chi connectivity index (χ1v) is 8.97. The van der Waals surface area contributed by atoms with E-state index in [2.05, 4.69) is 16.0 Å². The zero-order valence-electron chi connectivity index (χ0n) is 12.4. The monoisotopic (exact) mass is 339 g/mol. The van der Waals surface area contributed by atoms with Crippen molar-refractivity contribution < 1.29 is 0 Å². The Bertz CT molecular complexity index is 1040. The fraction of sp³-hybridized carbons (Fsp3) is 0.118. The van der Waals surface area contributed by atoms with Gasteiger partial charge in [-0.1, -0.05) is 36.0 Å². The first-order chi connectivity index (χ1) is 11.2. The molecule has 23 heavy (non-hydrogen) atoms. The van der Waals surface area contributed by atoms with Crippen molar-refractivity contribution in [3.8, 4) is 0 Å². The predicted octanol–water partition coefficient (Wildman–Crippen LogP) is 4.06. The first kappa shape index (κ1) is 14.4. The van der Waals surface area contributed by atoms with Crippen molar-refractivity contribution in [1.82, 2.24) is 14.5 Å². The third-order valence-electron chi connectivity index (χ3n) is 3.64. The fourth-order valence-electron chi connectivity index (χ4n) is 2.46. The van der Waals surface area contributed by atoms with Crippen LogP contribution in [0.25, 0.3) is 21.1 Å². The van der Waals surface area contributed by atoms with Gasteiger partial charge in [-0.15, -0.1) is 11.3 Å². The number of aromatic nitrogens is 3. The third kappa shape index (κ3) is 2.64. The summed E-state index contributed by atoms with van der Waals surface area (Å²) in [6.07, 6.45) is 0. The maximum absolute atomic E-state index is 12.6. The second-order valence-corrected chi connectivity index (χ2v) is 7.35. The Kier molecular flexibility index (Phi) is 3.63. The van der Waals surface area contributed by atoms with E-state index in [0.717, 1.165) is 25.9 Å². The van der Waals surface area contributed by atoms with Gasteiger partial charge in [-0.2, -0.15) is 0 Å². The van der Waals surface area contributed by atoms with Crippen LogP contribution < -0.4 is 5.56 Å². The van der Waals surface area contributed by atoms with Gasteiger partial charge in [-0.25, -0.2) is 9.97 Å². The van der Waals surface area contributed by atoms with E-state index < -0.39 is 0 Å². The molecule has 0 unspecified atom stereocenters. The summed E-state index contributed by atoms with van der Waals surface area (Å²) in [7, 11) is 0. The summed E-state index contributed by atoms with van der Waals surface area (Å²) < 4.78 is 3.83. The van der Waals surface area contributed by atoms with E-state index in [1.807, 2.05) is 49.4 Å². The average Bonchev–Trinajstić information content (AvgIpc) is 2.97. The summed E-state index contributed by atoms with van der Waals surface area (Å²) in [5.41, 5.74) is 1.75. The van der Waals surface area contributed by atoms with E-state index in [1.165, 1.54) is 0 Å². The van der Waals surface area contributed by atoms with Crippen molar-refractivity contribution >= 4 is 44.2 Å². The van der Waals surface area contributed by atoms with Crippen LogP contribution in [0.3, 0.4) is 0 Å². The zero-order valence-corrected chi connectivity index (χ0v) is 14.0. The number of para-hydroxylation sites is 2. The van der Waals surface area contributed by atoms with Gasteiger partial charge in [0.1, 0.15) is 5.82 Å².